The van der Waals surface area contributed by atoms with E-state index in [0.717, 1.165) is 18.5 Å². The maximum atomic E-state index is 12.3. The van der Waals surface area contributed by atoms with Crippen molar-refractivity contribution in [1.82, 2.24) is 10.2 Å². The van der Waals surface area contributed by atoms with Gasteiger partial charge in [0.05, 0.1) is 5.02 Å². The monoisotopic (exact) mass is 443 g/mol. The van der Waals surface area contributed by atoms with Crippen LogP contribution in [0.3, 0.4) is 0 Å². The molecule has 28 heavy (non-hydrogen) atoms. The number of hydrogen-bond donors (Lipinski definition) is 2. The van der Waals surface area contributed by atoms with Crippen LogP contribution in [0.25, 0.3) is 0 Å². The van der Waals surface area contributed by atoms with Crippen LogP contribution >= 0.6 is 24.0 Å². The lowest BCUT2D eigenvalue weighted by atomic mass is 10.0. The first-order valence-electron chi connectivity index (χ1n) is 8.65. The van der Waals surface area contributed by atoms with Gasteiger partial charge in [0.25, 0.3) is 5.91 Å². The number of hydrogen-bond acceptors (Lipinski definition) is 4. The van der Waals surface area contributed by atoms with E-state index in [1.807, 2.05) is 12.1 Å². The van der Waals surface area contributed by atoms with Gasteiger partial charge in [0.1, 0.15) is 4.90 Å². The average Bonchev–Trinajstić information content (AvgIpc) is 3.05. The Hall–Kier alpha value is -1.64. The second kappa shape index (κ2) is 9.24. The minimum atomic E-state index is -3.99. The molecule has 1 aliphatic rings. The van der Waals surface area contributed by atoms with E-state index in [1.165, 1.54) is 30.2 Å². The minimum absolute atomic E-state index is 0. The Kier molecular flexibility index (Phi) is 7.47. The summed E-state index contributed by atoms with van der Waals surface area (Å²) in [7, 11) is -1.86. The van der Waals surface area contributed by atoms with Gasteiger partial charge in [-0.3, -0.25) is 9.69 Å². The Labute approximate surface area is 176 Å². The Morgan fingerprint density at radius 1 is 1.25 bits per heavy atom. The maximum Gasteiger partial charge on any atom is 0.251 e. The number of nitrogens with two attached hydrogens (primary N) is 1. The molecule has 2 aromatic carbocycles. The molecule has 3 rings (SSSR count). The van der Waals surface area contributed by atoms with Gasteiger partial charge in [-0.25, -0.2) is 13.6 Å². The number of carbonyl (C=O) groups excluding carboxylic acids is 1. The Morgan fingerprint density at radius 3 is 2.50 bits per heavy atom. The van der Waals surface area contributed by atoms with E-state index in [2.05, 4.69) is 29.4 Å². The van der Waals surface area contributed by atoms with Gasteiger partial charge in [-0.05, 0) is 55.8 Å². The first-order chi connectivity index (χ1) is 12.8. The van der Waals surface area contributed by atoms with Gasteiger partial charge < -0.3 is 5.32 Å². The molecule has 1 atom stereocenters. The number of amides is 1. The fourth-order valence-electron chi connectivity index (χ4n) is 3.34. The van der Waals surface area contributed by atoms with Gasteiger partial charge in [0, 0.05) is 18.2 Å². The minimum Gasteiger partial charge on any atom is -0.348 e. The summed E-state index contributed by atoms with van der Waals surface area (Å²) in [6.07, 6.45) is 2.37. The molecule has 152 valence electrons. The highest BCUT2D eigenvalue weighted by atomic mass is 35.5. The zero-order chi connectivity index (χ0) is 19.6. The molecular formula is C19H23Cl2N3O3S. The van der Waals surface area contributed by atoms with Gasteiger partial charge in [0.2, 0.25) is 10.0 Å². The van der Waals surface area contributed by atoms with E-state index in [4.69, 9.17) is 16.7 Å². The third-order valence-electron chi connectivity index (χ3n) is 4.84. The van der Waals surface area contributed by atoms with Crippen LogP contribution in [0.15, 0.2) is 47.4 Å². The van der Waals surface area contributed by atoms with E-state index in [9.17, 15) is 13.2 Å². The maximum absolute atomic E-state index is 12.3. The van der Waals surface area contributed by atoms with Crippen LogP contribution in [0.2, 0.25) is 5.02 Å². The zero-order valence-electron chi connectivity index (χ0n) is 15.4. The number of sulfonamides is 1. The fourth-order valence-corrected chi connectivity index (χ4v) is 4.41. The molecule has 0 unspecified atom stereocenters. The molecule has 0 aromatic heterocycles. The average molecular weight is 444 g/mol. The van der Waals surface area contributed by atoms with Gasteiger partial charge >= 0.3 is 0 Å². The standard InChI is InChI=1S/C19H22ClN3O3S.ClH/c1-23-10-2-3-17(23)14-6-4-13(5-7-14)12-22-19(24)15-8-9-16(20)18(11-15)27(21,25)26;/h4-9,11,17H,2-3,10,12H2,1H3,(H,22,24)(H2,21,25,26);1H/t17-;/m0./s1. The molecule has 6 nitrogen and oxygen atoms in total. The van der Waals surface area contributed by atoms with Crippen LogP contribution in [0.4, 0.5) is 0 Å². The number of nitrogens with zero attached hydrogens (tertiary/aromatic N) is 1. The van der Waals surface area contributed by atoms with Crippen molar-refractivity contribution in [2.24, 2.45) is 5.14 Å². The molecule has 0 bridgehead atoms. The second-order valence-electron chi connectivity index (χ2n) is 6.75. The van der Waals surface area contributed by atoms with E-state index < -0.39 is 15.9 Å². The van der Waals surface area contributed by atoms with Crippen LogP contribution in [0, 0.1) is 0 Å². The Balaban J connectivity index is 0.00000280. The number of carbonyl (C=O) groups is 1. The van der Waals surface area contributed by atoms with Crippen LogP contribution in [0.1, 0.15) is 40.4 Å². The summed E-state index contributed by atoms with van der Waals surface area (Å²) in [6.45, 7) is 1.46. The summed E-state index contributed by atoms with van der Waals surface area (Å²) in [5, 5.41) is 7.89. The van der Waals surface area contributed by atoms with Crippen molar-refractivity contribution in [2.75, 3.05) is 13.6 Å². The summed E-state index contributed by atoms with van der Waals surface area (Å²) in [6, 6.07) is 12.6. The highest BCUT2D eigenvalue weighted by Gasteiger charge is 2.22. The van der Waals surface area contributed by atoms with Gasteiger partial charge in [-0.2, -0.15) is 0 Å². The molecule has 0 saturated carbocycles. The van der Waals surface area contributed by atoms with Crippen molar-refractivity contribution in [3.05, 3.63) is 64.2 Å². The zero-order valence-corrected chi connectivity index (χ0v) is 17.8. The van der Waals surface area contributed by atoms with Crippen molar-refractivity contribution in [2.45, 2.75) is 30.3 Å². The normalized spacial score (nSPS) is 17.2. The summed E-state index contributed by atoms with van der Waals surface area (Å²) >= 11 is 5.84. The Bertz CT molecular complexity index is 949. The lowest BCUT2D eigenvalue weighted by Crippen LogP contribution is -2.23. The molecule has 1 heterocycles. The van der Waals surface area contributed by atoms with Crippen molar-refractivity contribution in [3.63, 3.8) is 0 Å². The summed E-state index contributed by atoms with van der Waals surface area (Å²) in [5.74, 6) is -0.392. The van der Waals surface area contributed by atoms with Crippen LogP contribution in [-0.4, -0.2) is 32.8 Å². The number of primary sulfonamides is 1. The molecule has 0 spiro atoms. The van der Waals surface area contributed by atoms with Gasteiger partial charge in [-0.1, -0.05) is 35.9 Å². The van der Waals surface area contributed by atoms with E-state index in [-0.39, 0.29) is 27.9 Å². The largest absolute Gasteiger partial charge is 0.348 e. The molecule has 1 aliphatic heterocycles. The van der Waals surface area contributed by atoms with Crippen molar-refractivity contribution >= 4 is 39.9 Å². The van der Waals surface area contributed by atoms with Crippen molar-refractivity contribution < 1.29 is 13.2 Å². The highest BCUT2D eigenvalue weighted by Crippen LogP contribution is 2.30. The third-order valence-corrected chi connectivity index (χ3v) is 6.23. The molecule has 2 aromatic rings. The fraction of sp³-hybridized carbons (Fsp3) is 0.316. The quantitative estimate of drug-likeness (QED) is 0.741. The van der Waals surface area contributed by atoms with Crippen molar-refractivity contribution in [3.8, 4) is 0 Å². The number of likely N-dealkylation sites (tertiary alicyclic amines) is 1. The number of benzene rings is 2. The first kappa shape index (κ1) is 22.6. The lowest BCUT2D eigenvalue weighted by Gasteiger charge is -2.20. The predicted molar refractivity (Wildman–Crippen MR) is 112 cm³/mol. The molecule has 0 aliphatic carbocycles. The lowest BCUT2D eigenvalue weighted by molar-refractivity contribution is 0.0950. The van der Waals surface area contributed by atoms with Gasteiger partial charge in [0.15, 0.2) is 0 Å². The van der Waals surface area contributed by atoms with E-state index in [0.29, 0.717) is 12.6 Å². The third kappa shape index (κ3) is 5.24. The molecule has 1 amide bonds. The predicted octanol–water partition coefficient (Wildman–Crippen LogP) is 3.11. The van der Waals surface area contributed by atoms with Crippen LogP contribution in [0.5, 0.6) is 0 Å². The smallest absolute Gasteiger partial charge is 0.251 e. The number of halogens is 2. The van der Waals surface area contributed by atoms with Gasteiger partial charge in [-0.15, -0.1) is 12.4 Å². The topological polar surface area (TPSA) is 92.5 Å². The van der Waals surface area contributed by atoms with E-state index >= 15 is 0 Å². The number of rotatable bonds is 5. The van der Waals surface area contributed by atoms with Crippen LogP contribution < -0.4 is 10.5 Å². The van der Waals surface area contributed by atoms with E-state index in [1.54, 1.807) is 0 Å². The highest BCUT2D eigenvalue weighted by molar-refractivity contribution is 7.89. The summed E-state index contributed by atoms with van der Waals surface area (Å²) in [5.41, 5.74) is 2.43. The van der Waals surface area contributed by atoms with Crippen LogP contribution in [-0.2, 0) is 16.6 Å². The second-order valence-corrected chi connectivity index (χ2v) is 8.69. The first-order valence-corrected chi connectivity index (χ1v) is 10.6. The Morgan fingerprint density at radius 2 is 1.93 bits per heavy atom. The molecule has 0 radical (unpaired) electrons. The molecule has 1 saturated heterocycles. The number of nitrogens with one attached hydrogen (secondary N) is 1. The molecule has 3 N–H and O–H groups in total. The SMILES string of the molecule is CN1CCC[C@H]1c1ccc(CNC(=O)c2ccc(Cl)c(S(N)(=O)=O)c2)cc1.Cl. The molecule has 9 heteroatoms. The summed E-state index contributed by atoms with van der Waals surface area (Å²) < 4.78 is 23.1. The molecule has 1 fully saturated rings. The van der Waals surface area contributed by atoms with Crippen molar-refractivity contribution in [1.29, 1.82) is 0 Å². The molecular weight excluding hydrogens is 421 g/mol. The summed E-state index contributed by atoms with van der Waals surface area (Å²) in [4.78, 5) is 14.4.